The Hall–Kier alpha value is -0.830. The van der Waals surface area contributed by atoms with E-state index in [1.807, 2.05) is 0 Å². The highest BCUT2D eigenvalue weighted by Gasteiger charge is 2.14. The first-order chi connectivity index (χ1) is 7.24. The van der Waals surface area contributed by atoms with E-state index < -0.39 is 0 Å². The first-order valence-electron chi connectivity index (χ1n) is 5.83. The number of hydrogen-bond acceptors (Lipinski definition) is 2. The summed E-state index contributed by atoms with van der Waals surface area (Å²) in [6, 6.07) is 0.279. The van der Waals surface area contributed by atoms with Gasteiger partial charge >= 0.3 is 0 Å². The van der Waals surface area contributed by atoms with E-state index in [1.54, 1.807) is 0 Å². The van der Waals surface area contributed by atoms with E-state index >= 15 is 0 Å². The average molecular weight is 211 g/mol. The molecule has 86 valence electrons. The van der Waals surface area contributed by atoms with Crippen LogP contribution in [0.5, 0.6) is 0 Å². The molecule has 3 nitrogen and oxygen atoms in total. The predicted octanol–water partition coefficient (Wildman–Crippen LogP) is 1.76. The molecule has 0 aromatic rings. The van der Waals surface area contributed by atoms with Crippen molar-refractivity contribution in [2.45, 2.75) is 51.0 Å². The molecule has 0 radical (unpaired) electrons. The Balaban J connectivity index is 2.34. The van der Waals surface area contributed by atoms with Crippen LogP contribution in [0, 0.1) is 0 Å². The molecule has 0 aromatic carbocycles. The van der Waals surface area contributed by atoms with Gasteiger partial charge in [0.1, 0.15) is 0 Å². The summed E-state index contributed by atoms with van der Waals surface area (Å²) < 4.78 is 0. The van der Waals surface area contributed by atoms with Crippen LogP contribution in [0.15, 0.2) is 12.2 Å². The van der Waals surface area contributed by atoms with Gasteiger partial charge in [-0.2, -0.15) is 0 Å². The maximum atomic E-state index is 11.5. The first-order valence-corrected chi connectivity index (χ1v) is 5.83. The second-order valence-electron chi connectivity index (χ2n) is 4.28. The molecular weight excluding hydrogens is 190 g/mol. The summed E-state index contributed by atoms with van der Waals surface area (Å²) in [5.41, 5.74) is 0.261. The van der Waals surface area contributed by atoms with Crippen molar-refractivity contribution in [2.75, 3.05) is 6.61 Å². The molecule has 1 fully saturated rings. The van der Waals surface area contributed by atoms with Gasteiger partial charge in [-0.05, 0) is 12.8 Å². The average Bonchev–Trinajstić information content (AvgIpc) is 2.20. The zero-order valence-electron chi connectivity index (χ0n) is 9.30. The van der Waals surface area contributed by atoms with Gasteiger partial charge in [0, 0.05) is 11.6 Å². The van der Waals surface area contributed by atoms with Crippen molar-refractivity contribution in [2.24, 2.45) is 0 Å². The number of nitrogens with one attached hydrogen (secondary N) is 1. The zero-order chi connectivity index (χ0) is 11.1. The smallest absolute Gasteiger partial charge is 0.249 e. The monoisotopic (exact) mass is 211 g/mol. The highest BCUT2D eigenvalue weighted by molar-refractivity contribution is 5.93. The van der Waals surface area contributed by atoms with Crippen molar-refractivity contribution in [3.05, 3.63) is 12.2 Å². The van der Waals surface area contributed by atoms with E-state index in [-0.39, 0.29) is 24.1 Å². The standard InChI is InChI=1S/C12H21NO2/c1-10(9-14)12(15)13-11-7-5-3-2-4-6-8-11/h11,14H,1-9H2,(H,13,15). The third-order valence-electron chi connectivity index (χ3n) is 2.95. The van der Waals surface area contributed by atoms with Crippen LogP contribution in [0.2, 0.25) is 0 Å². The first kappa shape index (κ1) is 12.2. The molecule has 0 aliphatic heterocycles. The maximum absolute atomic E-state index is 11.5. The van der Waals surface area contributed by atoms with E-state index in [4.69, 9.17) is 5.11 Å². The summed E-state index contributed by atoms with van der Waals surface area (Å²) in [5.74, 6) is -0.192. The number of hydrogen-bond donors (Lipinski definition) is 2. The summed E-state index contributed by atoms with van der Waals surface area (Å²) in [5, 5.41) is 11.7. The fourth-order valence-corrected chi connectivity index (χ4v) is 1.96. The number of aliphatic hydroxyl groups is 1. The molecule has 0 bridgehead atoms. The van der Waals surface area contributed by atoms with Gasteiger partial charge in [0.2, 0.25) is 5.91 Å². The quantitative estimate of drug-likeness (QED) is 0.699. The van der Waals surface area contributed by atoms with Crippen molar-refractivity contribution in [3.63, 3.8) is 0 Å². The SMILES string of the molecule is C=C(CO)C(=O)NC1CCCCCCC1. The van der Waals surface area contributed by atoms with Crippen molar-refractivity contribution in [1.29, 1.82) is 0 Å². The summed E-state index contributed by atoms with van der Waals surface area (Å²) in [6.07, 6.45) is 8.37. The predicted molar refractivity (Wildman–Crippen MR) is 60.5 cm³/mol. The van der Waals surface area contributed by atoms with E-state index in [0.717, 1.165) is 12.8 Å². The van der Waals surface area contributed by atoms with Gasteiger partial charge in [0.25, 0.3) is 0 Å². The Morgan fingerprint density at radius 1 is 1.20 bits per heavy atom. The second-order valence-corrected chi connectivity index (χ2v) is 4.28. The third-order valence-corrected chi connectivity index (χ3v) is 2.95. The molecule has 0 atom stereocenters. The molecule has 0 spiro atoms. The molecule has 0 unspecified atom stereocenters. The summed E-state index contributed by atoms with van der Waals surface area (Å²) in [6.45, 7) is 3.27. The number of aliphatic hydroxyl groups excluding tert-OH is 1. The number of carbonyl (C=O) groups is 1. The van der Waals surface area contributed by atoms with E-state index in [9.17, 15) is 4.79 Å². The lowest BCUT2D eigenvalue weighted by Crippen LogP contribution is -2.36. The fraction of sp³-hybridized carbons (Fsp3) is 0.750. The topological polar surface area (TPSA) is 49.3 Å². The van der Waals surface area contributed by atoms with Crippen LogP contribution in [0.4, 0.5) is 0 Å². The van der Waals surface area contributed by atoms with Crippen molar-refractivity contribution >= 4 is 5.91 Å². The molecular formula is C12H21NO2. The highest BCUT2D eigenvalue weighted by Crippen LogP contribution is 2.17. The zero-order valence-corrected chi connectivity index (χ0v) is 9.30. The van der Waals surface area contributed by atoms with E-state index in [1.165, 1.54) is 32.1 Å². The van der Waals surface area contributed by atoms with Gasteiger partial charge in [0.15, 0.2) is 0 Å². The normalized spacial score (nSPS) is 19.0. The molecule has 3 heteroatoms. The third kappa shape index (κ3) is 4.47. The minimum Gasteiger partial charge on any atom is -0.391 e. The minimum atomic E-state index is -0.251. The number of amides is 1. The highest BCUT2D eigenvalue weighted by atomic mass is 16.3. The van der Waals surface area contributed by atoms with Gasteiger partial charge in [-0.3, -0.25) is 4.79 Å². The van der Waals surface area contributed by atoms with E-state index in [2.05, 4.69) is 11.9 Å². The largest absolute Gasteiger partial charge is 0.391 e. The Labute approximate surface area is 91.6 Å². The molecule has 1 aliphatic rings. The Morgan fingerprint density at radius 2 is 1.73 bits per heavy atom. The van der Waals surface area contributed by atoms with E-state index in [0.29, 0.717) is 0 Å². The van der Waals surface area contributed by atoms with Crippen LogP contribution in [0.25, 0.3) is 0 Å². The maximum Gasteiger partial charge on any atom is 0.249 e. The lowest BCUT2D eigenvalue weighted by atomic mass is 9.96. The molecule has 1 amide bonds. The summed E-state index contributed by atoms with van der Waals surface area (Å²) in [4.78, 5) is 11.5. The van der Waals surface area contributed by atoms with Crippen LogP contribution in [0.1, 0.15) is 44.9 Å². The van der Waals surface area contributed by atoms with Crippen molar-refractivity contribution in [1.82, 2.24) is 5.32 Å². The van der Waals surface area contributed by atoms with Gasteiger partial charge in [-0.15, -0.1) is 0 Å². The Morgan fingerprint density at radius 3 is 2.27 bits per heavy atom. The van der Waals surface area contributed by atoms with Crippen molar-refractivity contribution < 1.29 is 9.90 Å². The van der Waals surface area contributed by atoms with Crippen LogP contribution < -0.4 is 5.32 Å². The number of carbonyl (C=O) groups excluding carboxylic acids is 1. The Kier molecular flexibility index (Phi) is 5.40. The molecule has 15 heavy (non-hydrogen) atoms. The number of rotatable bonds is 3. The van der Waals surface area contributed by atoms with Gasteiger partial charge < -0.3 is 10.4 Å². The van der Waals surface area contributed by atoms with Gasteiger partial charge in [-0.25, -0.2) is 0 Å². The second kappa shape index (κ2) is 6.62. The molecule has 2 N–H and O–H groups in total. The van der Waals surface area contributed by atoms with Gasteiger partial charge in [0.05, 0.1) is 6.61 Å². The lowest BCUT2D eigenvalue weighted by molar-refractivity contribution is -0.118. The molecule has 1 rings (SSSR count). The minimum absolute atomic E-state index is 0.192. The molecule has 1 saturated carbocycles. The van der Waals surface area contributed by atoms with Crippen LogP contribution in [-0.4, -0.2) is 23.7 Å². The van der Waals surface area contributed by atoms with Crippen LogP contribution >= 0.6 is 0 Å². The van der Waals surface area contributed by atoms with Crippen molar-refractivity contribution in [3.8, 4) is 0 Å². The van der Waals surface area contributed by atoms with Gasteiger partial charge in [-0.1, -0.05) is 38.7 Å². The summed E-state index contributed by atoms with van der Waals surface area (Å²) >= 11 is 0. The Bertz CT molecular complexity index is 218. The lowest BCUT2D eigenvalue weighted by Gasteiger charge is -2.21. The molecule has 0 aromatic heterocycles. The van der Waals surface area contributed by atoms with Crippen LogP contribution in [0.3, 0.4) is 0 Å². The van der Waals surface area contributed by atoms with Crippen LogP contribution in [-0.2, 0) is 4.79 Å². The molecule has 0 heterocycles. The fourth-order valence-electron chi connectivity index (χ4n) is 1.96. The molecule has 0 saturated heterocycles. The summed E-state index contributed by atoms with van der Waals surface area (Å²) in [7, 11) is 0. The molecule has 1 aliphatic carbocycles.